The molecule has 2 atom stereocenters. The Balaban J connectivity index is 1.43. The summed E-state index contributed by atoms with van der Waals surface area (Å²) in [5.74, 6) is -0.435. The van der Waals surface area contributed by atoms with E-state index in [1.54, 1.807) is 35.9 Å². The summed E-state index contributed by atoms with van der Waals surface area (Å²) in [5, 5.41) is 9.62. The molecule has 1 aliphatic rings. The van der Waals surface area contributed by atoms with Crippen LogP contribution in [0, 0.1) is 5.92 Å². The molecule has 0 bridgehead atoms. The van der Waals surface area contributed by atoms with Gasteiger partial charge in [0.15, 0.2) is 0 Å². The van der Waals surface area contributed by atoms with Crippen LogP contribution in [0.3, 0.4) is 0 Å². The van der Waals surface area contributed by atoms with Crippen LogP contribution < -0.4 is 10.2 Å². The average molecular weight is 456 g/mol. The van der Waals surface area contributed by atoms with E-state index in [1.807, 2.05) is 35.0 Å². The zero-order chi connectivity index (χ0) is 22.7. The Hall–Kier alpha value is -3.36. The highest BCUT2D eigenvalue weighted by Crippen LogP contribution is 2.55. The number of nitrogens with one attached hydrogen (secondary N) is 1. The maximum atomic E-state index is 12.4. The van der Waals surface area contributed by atoms with Crippen LogP contribution in [0.4, 0.5) is 0 Å². The largest absolute Gasteiger partial charge is 0.486 e. The number of carbonyl (C=O) groups excluding carboxylic acids is 2. The highest BCUT2D eigenvalue weighted by atomic mass is 35.5. The van der Waals surface area contributed by atoms with Gasteiger partial charge in [0.2, 0.25) is 5.91 Å². The summed E-state index contributed by atoms with van der Waals surface area (Å²) in [6.07, 6.45) is 3.88. The molecular weight excluding hydrogens is 434 g/mol. The summed E-state index contributed by atoms with van der Waals surface area (Å²) in [6.45, 7) is 0.905. The monoisotopic (exact) mass is 455 g/mol. The lowest BCUT2D eigenvalue weighted by Gasteiger charge is -2.16. The number of imidazole rings is 1. The number of hydroxylamine groups is 1. The highest BCUT2D eigenvalue weighted by Gasteiger charge is 2.65. The standard InChI is InChI=1S/C23H22ClN3O5/c1-31-22(29)23(12-19(23)21(28)26-30)16-4-8-18(9-5-16)32-14-20-25-10-11-27(20)13-15-2-6-17(24)7-3-15/h2-11,19,30H,12-14H2,1H3,(H,26,28)/t19-,23-/m1/s1. The quantitative estimate of drug-likeness (QED) is 0.307. The number of ether oxygens (including phenoxy) is 2. The number of esters is 1. The van der Waals surface area contributed by atoms with Gasteiger partial charge in [-0.15, -0.1) is 0 Å². The van der Waals surface area contributed by atoms with Crippen molar-refractivity contribution in [1.29, 1.82) is 0 Å². The van der Waals surface area contributed by atoms with Gasteiger partial charge >= 0.3 is 5.97 Å². The topological polar surface area (TPSA) is 103 Å². The molecule has 0 radical (unpaired) electrons. The minimum Gasteiger partial charge on any atom is -0.486 e. The van der Waals surface area contributed by atoms with Crippen LogP contribution in [0.2, 0.25) is 5.02 Å². The first-order valence-electron chi connectivity index (χ1n) is 9.98. The number of hydrogen-bond donors (Lipinski definition) is 2. The van der Waals surface area contributed by atoms with E-state index >= 15 is 0 Å². The molecule has 0 saturated heterocycles. The minimum absolute atomic E-state index is 0.262. The lowest BCUT2D eigenvalue weighted by atomic mass is 9.93. The summed E-state index contributed by atoms with van der Waals surface area (Å²) in [7, 11) is 1.28. The van der Waals surface area contributed by atoms with E-state index in [0.29, 0.717) is 22.9 Å². The summed E-state index contributed by atoms with van der Waals surface area (Å²) >= 11 is 5.95. The molecule has 0 unspecified atom stereocenters. The van der Waals surface area contributed by atoms with Crippen LogP contribution in [0.15, 0.2) is 60.9 Å². The third kappa shape index (κ3) is 4.19. The van der Waals surface area contributed by atoms with Crippen molar-refractivity contribution in [3.8, 4) is 5.75 Å². The lowest BCUT2D eigenvalue weighted by Crippen LogP contribution is -2.31. The molecule has 1 amide bonds. The second-order valence-electron chi connectivity index (χ2n) is 7.61. The smallest absolute Gasteiger partial charge is 0.317 e. The van der Waals surface area contributed by atoms with E-state index in [0.717, 1.165) is 11.4 Å². The average Bonchev–Trinajstić information content (AvgIpc) is 3.44. The maximum Gasteiger partial charge on any atom is 0.317 e. The Kier molecular flexibility index (Phi) is 6.16. The molecule has 2 aromatic carbocycles. The van der Waals surface area contributed by atoms with Gasteiger partial charge in [0.1, 0.15) is 23.6 Å². The molecule has 1 saturated carbocycles. The molecule has 32 heavy (non-hydrogen) atoms. The molecule has 9 heteroatoms. The second kappa shape index (κ2) is 9.02. The first-order chi connectivity index (χ1) is 15.5. The number of rotatable bonds is 8. The van der Waals surface area contributed by atoms with Gasteiger partial charge in [0, 0.05) is 24.0 Å². The number of amides is 1. The normalized spacial score (nSPS) is 19.3. The van der Waals surface area contributed by atoms with Crippen molar-refractivity contribution >= 4 is 23.5 Å². The number of aromatic nitrogens is 2. The Morgan fingerprint density at radius 2 is 1.94 bits per heavy atom. The fourth-order valence-electron chi connectivity index (χ4n) is 3.91. The number of nitrogens with zero attached hydrogens (tertiary/aromatic N) is 2. The molecule has 166 valence electrons. The van der Waals surface area contributed by atoms with E-state index in [4.69, 9.17) is 26.3 Å². The van der Waals surface area contributed by atoms with E-state index in [2.05, 4.69) is 4.98 Å². The van der Waals surface area contributed by atoms with Crippen LogP contribution in [0.1, 0.15) is 23.4 Å². The van der Waals surface area contributed by atoms with Crippen molar-refractivity contribution in [2.24, 2.45) is 5.92 Å². The van der Waals surface area contributed by atoms with Crippen molar-refractivity contribution in [2.75, 3.05) is 7.11 Å². The zero-order valence-electron chi connectivity index (χ0n) is 17.3. The van der Waals surface area contributed by atoms with Gasteiger partial charge < -0.3 is 14.0 Å². The molecule has 3 aromatic rings. The minimum atomic E-state index is -1.09. The molecule has 8 nitrogen and oxygen atoms in total. The molecule has 1 fully saturated rings. The molecule has 0 spiro atoms. The zero-order valence-corrected chi connectivity index (χ0v) is 18.1. The van der Waals surface area contributed by atoms with Gasteiger partial charge in [-0.05, 0) is 41.8 Å². The van der Waals surface area contributed by atoms with Crippen molar-refractivity contribution in [3.05, 3.63) is 82.9 Å². The third-order valence-electron chi connectivity index (χ3n) is 5.74. The molecule has 1 aliphatic carbocycles. The number of carbonyl (C=O) groups is 2. The number of hydrogen-bond acceptors (Lipinski definition) is 6. The Morgan fingerprint density at radius 1 is 1.22 bits per heavy atom. The van der Waals surface area contributed by atoms with Crippen molar-refractivity contribution < 1.29 is 24.3 Å². The van der Waals surface area contributed by atoms with Crippen LogP contribution in [0.5, 0.6) is 5.75 Å². The SMILES string of the molecule is COC(=O)[C@@]1(c2ccc(OCc3nccn3Cc3ccc(Cl)cc3)cc2)C[C@@H]1C(=O)NO. The lowest BCUT2D eigenvalue weighted by molar-refractivity contribution is -0.146. The van der Waals surface area contributed by atoms with Crippen molar-refractivity contribution in [2.45, 2.75) is 25.0 Å². The molecule has 1 aromatic heterocycles. The fraction of sp³-hybridized carbons (Fsp3) is 0.261. The predicted octanol–water partition coefficient (Wildman–Crippen LogP) is 3.10. The maximum absolute atomic E-state index is 12.4. The molecule has 2 N–H and O–H groups in total. The van der Waals surface area contributed by atoms with Crippen LogP contribution in [-0.2, 0) is 32.9 Å². The van der Waals surface area contributed by atoms with Crippen molar-refractivity contribution in [3.63, 3.8) is 0 Å². The van der Waals surface area contributed by atoms with E-state index in [-0.39, 0.29) is 13.0 Å². The predicted molar refractivity (Wildman–Crippen MR) is 115 cm³/mol. The molecule has 1 heterocycles. The van der Waals surface area contributed by atoms with E-state index < -0.39 is 23.2 Å². The second-order valence-corrected chi connectivity index (χ2v) is 8.04. The number of methoxy groups -OCH3 is 1. The Bertz CT molecular complexity index is 1110. The Morgan fingerprint density at radius 3 is 2.59 bits per heavy atom. The first-order valence-corrected chi connectivity index (χ1v) is 10.4. The van der Waals surface area contributed by atoms with E-state index in [1.165, 1.54) is 7.11 Å². The molecule has 0 aliphatic heterocycles. The first kappa shape index (κ1) is 21.9. The molecule has 4 rings (SSSR count). The van der Waals surface area contributed by atoms with Gasteiger partial charge in [0.25, 0.3) is 0 Å². The molecular formula is C23H22ClN3O5. The summed E-state index contributed by atoms with van der Waals surface area (Å²) in [4.78, 5) is 28.6. The van der Waals surface area contributed by atoms with Crippen LogP contribution >= 0.6 is 11.6 Å². The van der Waals surface area contributed by atoms with E-state index in [9.17, 15) is 9.59 Å². The van der Waals surface area contributed by atoms with Gasteiger partial charge in [0.05, 0.1) is 13.0 Å². The van der Waals surface area contributed by atoms with Gasteiger partial charge in [-0.2, -0.15) is 0 Å². The summed E-state index contributed by atoms with van der Waals surface area (Å²) in [6, 6.07) is 14.6. The number of halogens is 1. The Labute approximate surface area is 189 Å². The van der Waals surface area contributed by atoms with Gasteiger partial charge in [-0.3, -0.25) is 14.8 Å². The highest BCUT2D eigenvalue weighted by molar-refractivity contribution is 6.30. The third-order valence-corrected chi connectivity index (χ3v) is 5.99. The number of benzene rings is 2. The van der Waals surface area contributed by atoms with Crippen molar-refractivity contribution in [1.82, 2.24) is 15.0 Å². The fourth-order valence-corrected chi connectivity index (χ4v) is 4.04. The van der Waals surface area contributed by atoms with Gasteiger partial charge in [-0.25, -0.2) is 10.5 Å². The van der Waals surface area contributed by atoms with Crippen LogP contribution in [-0.4, -0.2) is 33.7 Å². The van der Waals surface area contributed by atoms with Crippen LogP contribution in [0.25, 0.3) is 0 Å². The summed E-state index contributed by atoms with van der Waals surface area (Å²) in [5.41, 5.74) is 2.26. The summed E-state index contributed by atoms with van der Waals surface area (Å²) < 4.78 is 12.8. The van der Waals surface area contributed by atoms with Gasteiger partial charge in [-0.1, -0.05) is 35.9 Å².